The van der Waals surface area contributed by atoms with Gasteiger partial charge in [-0.2, -0.15) is 4.39 Å². The Kier molecular flexibility index (Phi) is 3.52. The fourth-order valence-electron chi connectivity index (χ4n) is 1.28. The number of hydrogen-bond donors (Lipinski definition) is 0. The maximum atomic E-state index is 13.3. The second-order valence-electron chi connectivity index (χ2n) is 3.31. The van der Waals surface area contributed by atoms with E-state index in [9.17, 15) is 14.5 Å². The molecule has 2 aromatic rings. The van der Waals surface area contributed by atoms with E-state index in [4.69, 9.17) is 4.74 Å². The van der Waals surface area contributed by atoms with Crippen molar-refractivity contribution in [1.82, 2.24) is 4.98 Å². The molecule has 1 aromatic heterocycles. The molecule has 0 bridgehead atoms. The van der Waals surface area contributed by atoms with Crippen LogP contribution < -0.4 is 4.74 Å². The van der Waals surface area contributed by atoms with Crippen LogP contribution in [0.25, 0.3) is 0 Å². The van der Waals surface area contributed by atoms with Gasteiger partial charge in [-0.3, -0.25) is 15.1 Å². The quantitative estimate of drug-likeness (QED) is 0.640. The maximum Gasteiger partial charge on any atom is 0.305 e. The van der Waals surface area contributed by atoms with Crippen molar-refractivity contribution in [2.75, 3.05) is 0 Å². The predicted octanol–water partition coefficient (Wildman–Crippen LogP) is 3.68. The van der Waals surface area contributed by atoms with Crippen molar-refractivity contribution in [1.29, 1.82) is 0 Å². The smallest absolute Gasteiger partial charge is 0.305 e. The van der Waals surface area contributed by atoms with Gasteiger partial charge in [-0.05, 0) is 28.1 Å². The Bertz CT molecular complexity index is 607. The van der Waals surface area contributed by atoms with Crippen molar-refractivity contribution in [3.63, 3.8) is 0 Å². The van der Waals surface area contributed by atoms with Gasteiger partial charge in [0, 0.05) is 22.8 Å². The molecule has 0 saturated heterocycles. The van der Waals surface area contributed by atoms with Crippen LogP contribution in [-0.4, -0.2) is 9.91 Å². The molecule has 0 aliphatic rings. The molecule has 0 fully saturated rings. The van der Waals surface area contributed by atoms with E-state index in [-0.39, 0.29) is 5.75 Å². The molecule has 0 radical (unpaired) electrons. The monoisotopic (exact) mass is 312 g/mol. The average Bonchev–Trinajstić information content (AvgIpc) is 2.28. The topological polar surface area (TPSA) is 65.3 Å². The number of nitrogens with zero attached hydrogens (tertiary/aromatic N) is 2. The maximum absolute atomic E-state index is 13.3. The summed E-state index contributed by atoms with van der Waals surface area (Å²) in [7, 11) is 0. The van der Waals surface area contributed by atoms with Crippen LogP contribution in [0.5, 0.6) is 11.5 Å². The molecule has 1 heterocycles. The molecule has 7 heteroatoms. The Labute approximate surface area is 110 Å². The van der Waals surface area contributed by atoms with Gasteiger partial charge in [0.15, 0.2) is 0 Å². The minimum Gasteiger partial charge on any atom is -0.456 e. The largest absolute Gasteiger partial charge is 0.456 e. The predicted molar refractivity (Wildman–Crippen MR) is 65.1 cm³/mol. The summed E-state index contributed by atoms with van der Waals surface area (Å²) in [5.41, 5.74) is -0.588. The summed E-state index contributed by atoms with van der Waals surface area (Å²) in [6, 6.07) is 4.98. The molecule has 5 nitrogen and oxygen atoms in total. The van der Waals surface area contributed by atoms with Gasteiger partial charge in [-0.15, -0.1) is 0 Å². The number of nitro groups is 1. The van der Waals surface area contributed by atoms with E-state index in [0.717, 1.165) is 12.1 Å². The summed E-state index contributed by atoms with van der Waals surface area (Å²) < 4.78 is 19.4. The second kappa shape index (κ2) is 5.09. The lowest BCUT2D eigenvalue weighted by Crippen LogP contribution is -1.93. The molecule has 0 spiro atoms. The highest BCUT2D eigenvalue weighted by Crippen LogP contribution is 2.27. The van der Waals surface area contributed by atoms with Crippen LogP contribution in [0.1, 0.15) is 0 Å². The standard InChI is InChI=1S/C11H6BrFN2O3/c12-7-3-9(6-14-5-7)18-8-1-2-11(15(16)17)10(13)4-8/h1-6H. The van der Waals surface area contributed by atoms with Crippen LogP contribution >= 0.6 is 15.9 Å². The zero-order chi connectivity index (χ0) is 13.1. The van der Waals surface area contributed by atoms with Crippen LogP contribution in [0.15, 0.2) is 41.1 Å². The van der Waals surface area contributed by atoms with Crippen LogP contribution in [0, 0.1) is 15.9 Å². The number of hydrogen-bond acceptors (Lipinski definition) is 4. The van der Waals surface area contributed by atoms with E-state index in [1.807, 2.05) is 0 Å². The third kappa shape index (κ3) is 2.80. The minimum atomic E-state index is -0.944. The van der Waals surface area contributed by atoms with Gasteiger partial charge in [0.05, 0.1) is 11.1 Å². The first kappa shape index (κ1) is 12.4. The summed E-state index contributed by atoms with van der Waals surface area (Å²) in [5, 5.41) is 10.4. The molecule has 92 valence electrons. The van der Waals surface area contributed by atoms with Crippen molar-refractivity contribution in [2.24, 2.45) is 0 Å². The van der Waals surface area contributed by atoms with Crippen molar-refractivity contribution in [2.45, 2.75) is 0 Å². The molecule has 0 amide bonds. The van der Waals surface area contributed by atoms with Gasteiger partial charge in [-0.1, -0.05) is 0 Å². The number of aromatic nitrogens is 1. The highest BCUT2D eigenvalue weighted by Gasteiger charge is 2.14. The third-order valence-corrected chi connectivity index (χ3v) is 2.47. The molecule has 1 aromatic carbocycles. The van der Waals surface area contributed by atoms with Crippen molar-refractivity contribution >= 4 is 21.6 Å². The van der Waals surface area contributed by atoms with Crippen LogP contribution in [-0.2, 0) is 0 Å². The lowest BCUT2D eigenvalue weighted by Gasteiger charge is -2.05. The first-order valence-electron chi connectivity index (χ1n) is 4.78. The molecule has 0 aliphatic heterocycles. The number of pyridine rings is 1. The van der Waals surface area contributed by atoms with E-state index in [2.05, 4.69) is 20.9 Å². The summed E-state index contributed by atoms with van der Waals surface area (Å²) in [6.07, 6.45) is 3.02. The molecule has 18 heavy (non-hydrogen) atoms. The summed E-state index contributed by atoms with van der Waals surface area (Å²) >= 11 is 3.21. The summed E-state index contributed by atoms with van der Waals surface area (Å²) in [6.45, 7) is 0. The summed E-state index contributed by atoms with van der Waals surface area (Å²) in [5.74, 6) is -0.379. The van der Waals surface area contributed by atoms with E-state index in [1.165, 1.54) is 12.3 Å². The number of ether oxygens (including phenoxy) is 1. The van der Waals surface area contributed by atoms with Gasteiger partial charge in [-0.25, -0.2) is 0 Å². The summed E-state index contributed by atoms with van der Waals surface area (Å²) in [4.78, 5) is 13.5. The highest BCUT2D eigenvalue weighted by molar-refractivity contribution is 9.10. The number of nitro benzene ring substituents is 1. The first-order chi connectivity index (χ1) is 8.56. The molecule has 2 rings (SSSR count). The molecular formula is C11H6BrFN2O3. The fraction of sp³-hybridized carbons (Fsp3) is 0. The van der Waals surface area contributed by atoms with E-state index in [1.54, 1.807) is 12.3 Å². The van der Waals surface area contributed by atoms with Crippen molar-refractivity contribution < 1.29 is 14.1 Å². The Morgan fingerprint density at radius 1 is 1.28 bits per heavy atom. The Balaban J connectivity index is 2.25. The molecular weight excluding hydrogens is 307 g/mol. The number of rotatable bonds is 3. The normalized spacial score (nSPS) is 10.1. The lowest BCUT2D eigenvalue weighted by atomic mass is 10.3. The van der Waals surface area contributed by atoms with E-state index < -0.39 is 16.4 Å². The van der Waals surface area contributed by atoms with Crippen molar-refractivity contribution in [3.8, 4) is 11.5 Å². The zero-order valence-electron chi connectivity index (χ0n) is 8.84. The molecule has 0 atom stereocenters. The molecule has 0 aliphatic carbocycles. The Morgan fingerprint density at radius 2 is 2.06 bits per heavy atom. The number of halogens is 2. The third-order valence-electron chi connectivity index (χ3n) is 2.03. The second-order valence-corrected chi connectivity index (χ2v) is 4.23. The average molecular weight is 313 g/mol. The highest BCUT2D eigenvalue weighted by atomic mass is 79.9. The van der Waals surface area contributed by atoms with Gasteiger partial charge < -0.3 is 4.74 Å². The number of benzene rings is 1. The van der Waals surface area contributed by atoms with E-state index in [0.29, 0.717) is 10.2 Å². The minimum absolute atomic E-state index is 0.165. The molecule has 0 unspecified atom stereocenters. The Morgan fingerprint density at radius 3 is 2.67 bits per heavy atom. The lowest BCUT2D eigenvalue weighted by molar-refractivity contribution is -0.387. The van der Waals surface area contributed by atoms with Crippen LogP contribution in [0.2, 0.25) is 0 Å². The molecule has 0 N–H and O–H groups in total. The van der Waals surface area contributed by atoms with Gasteiger partial charge >= 0.3 is 5.69 Å². The van der Waals surface area contributed by atoms with Gasteiger partial charge in [0.2, 0.25) is 5.82 Å². The molecule has 0 saturated carbocycles. The SMILES string of the molecule is O=[N+]([O-])c1ccc(Oc2cncc(Br)c2)cc1F. The first-order valence-corrected chi connectivity index (χ1v) is 5.58. The van der Waals surface area contributed by atoms with E-state index >= 15 is 0 Å². The van der Waals surface area contributed by atoms with Crippen LogP contribution in [0.4, 0.5) is 10.1 Å². The fourth-order valence-corrected chi connectivity index (χ4v) is 1.63. The zero-order valence-corrected chi connectivity index (χ0v) is 10.4. The van der Waals surface area contributed by atoms with Gasteiger partial charge in [0.25, 0.3) is 0 Å². The van der Waals surface area contributed by atoms with Gasteiger partial charge in [0.1, 0.15) is 11.5 Å². The Hall–Kier alpha value is -2.02. The van der Waals surface area contributed by atoms with Crippen molar-refractivity contribution in [3.05, 3.63) is 57.1 Å². The van der Waals surface area contributed by atoms with Crippen LogP contribution in [0.3, 0.4) is 0 Å².